The fourth-order valence-corrected chi connectivity index (χ4v) is 3.35. The molecule has 0 radical (unpaired) electrons. The Hall–Kier alpha value is -2.87. The standard InChI is InChI=1S/C22H31N3O5/c1-26-19-12-16(13-20(27-2)21(19)28-3)14-24-22(25-15-18-7-5-11-30-18)23-9-8-17-6-4-10-29-17/h4,6,10,12-13,18H,5,7-9,11,14-15H2,1-3H3,(H2,23,24,25). The third-order valence-corrected chi connectivity index (χ3v) is 4.91. The molecule has 1 aromatic carbocycles. The number of rotatable bonds is 10. The average molecular weight is 418 g/mol. The van der Waals surface area contributed by atoms with Crippen LogP contribution >= 0.6 is 0 Å². The van der Waals surface area contributed by atoms with E-state index in [1.54, 1.807) is 27.6 Å². The molecule has 1 aliphatic heterocycles. The molecule has 0 bridgehead atoms. The summed E-state index contributed by atoms with van der Waals surface area (Å²) in [6, 6.07) is 7.68. The third kappa shape index (κ3) is 6.06. The first-order chi connectivity index (χ1) is 14.7. The Morgan fingerprint density at radius 2 is 1.93 bits per heavy atom. The van der Waals surface area contributed by atoms with Crippen molar-refractivity contribution in [1.82, 2.24) is 10.6 Å². The quantitative estimate of drug-likeness (QED) is 0.454. The van der Waals surface area contributed by atoms with Crippen molar-refractivity contribution in [2.45, 2.75) is 31.9 Å². The number of methoxy groups -OCH3 is 3. The second-order valence-corrected chi connectivity index (χ2v) is 6.97. The van der Waals surface area contributed by atoms with Crippen molar-refractivity contribution in [3.8, 4) is 17.2 Å². The lowest BCUT2D eigenvalue weighted by Gasteiger charge is -2.16. The van der Waals surface area contributed by atoms with Crippen LogP contribution in [-0.2, 0) is 17.7 Å². The van der Waals surface area contributed by atoms with Gasteiger partial charge in [0.25, 0.3) is 0 Å². The summed E-state index contributed by atoms with van der Waals surface area (Å²) in [7, 11) is 4.80. The molecule has 0 aliphatic carbocycles. The molecule has 0 amide bonds. The number of benzene rings is 1. The van der Waals surface area contributed by atoms with E-state index >= 15 is 0 Å². The van der Waals surface area contributed by atoms with Gasteiger partial charge in [0.05, 0.1) is 40.2 Å². The van der Waals surface area contributed by atoms with Gasteiger partial charge in [-0.1, -0.05) is 0 Å². The third-order valence-electron chi connectivity index (χ3n) is 4.91. The topological polar surface area (TPSA) is 86.5 Å². The van der Waals surface area contributed by atoms with E-state index in [2.05, 4.69) is 10.6 Å². The van der Waals surface area contributed by atoms with Crippen LogP contribution in [0.4, 0.5) is 0 Å². The first kappa shape index (κ1) is 21.8. The highest BCUT2D eigenvalue weighted by Crippen LogP contribution is 2.38. The molecule has 2 N–H and O–H groups in total. The van der Waals surface area contributed by atoms with Gasteiger partial charge < -0.3 is 34.0 Å². The lowest BCUT2D eigenvalue weighted by atomic mass is 10.2. The van der Waals surface area contributed by atoms with Gasteiger partial charge in [-0.3, -0.25) is 0 Å². The Kier molecular flexibility index (Phi) is 8.26. The van der Waals surface area contributed by atoms with Gasteiger partial charge in [-0.15, -0.1) is 0 Å². The molecule has 0 saturated carbocycles. The second kappa shape index (κ2) is 11.3. The molecule has 2 aromatic rings. The van der Waals surface area contributed by atoms with Gasteiger partial charge >= 0.3 is 0 Å². The van der Waals surface area contributed by atoms with E-state index in [1.165, 1.54) is 0 Å². The van der Waals surface area contributed by atoms with E-state index in [0.29, 0.717) is 30.3 Å². The van der Waals surface area contributed by atoms with E-state index in [1.807, 2.05) is 24.3 Å². The normalized spacial score (nSPS) is 16.4. The van der Waals surface area contributed by atoms with Gasteiger partial charge in [-0.2, -0.15) is 0 Å². The maximum Gasteiger partial charge on any atom is 0.203 e. The van der Waals surface area contributed by atoms with E-state index in [4.69, 9.17) is 28.4 Å². The minimum absolute atomic E-state index is 0.225. The molecule has 1 unspecified atom stereocenters. The zero-order valence-electron chi connectivity index (χ0n) is 17.9. The van der Waals surface area contributed by atoms with Crippen molar-refractivity contribution in [3.05, 3.63) is 41.9 Å². The highest BCUT2D eigenvalue weighted by molar-refractivity contribution is 5.79. The van der Waals surface area contributed by atoms with Crippen LogP contribution in [0.5, 0.6) is 17.2 Å². The lowest BCUT2D eigenvalue weighted by Crippen LogP contribution is -2.41. The summed E-state index contributed by atoms with van der Waals surface area (Å²) in [5, 5.41) is 6.76. The van der Waals surface area contributed by atoms with Crippen LogP contribution in [0.1, 0.15) is 24.2 Å². The minimum Gasteiger partial charge on any atom is -0.493 e. The first-order valence-corrected chi connectivity index (χ1v) is 10.2. The van der Waals surface area contributed by atoms with Crippen molar-refractivity contribution in [2.24, 2.45) is 4.99 Å². The number of nitrogens with zero attached hydrogens (tertiary/aromatic N) is 1. The average Bonchev–Trinajstić information content (AvgIpc) is 3.48. The highest BCUT2D eigenvalue weighted by Gasteiger charge is 2.16. The van der Waals surface area contributed by atoms with E-state index in [9.17, 15) is 0 Å². The molecule has 1 aromatic heterocycles. The first-order valence-electron chi connectivity index (χ1n) is 10.2. The largest absolute Gasteiger partial charge is 0.493 e. The van der Waals surface area contributed by atoms with Crippen LogP contribution < -0.4 is 24.8 Å². The van der Waals surface area contributed by atoms with Crippen molar-refractivity contribution in [1.29, 1.82) is 0 Å². The summed E-state index contributed by atoms with van der Waals surface area (Å²) < 4.78 is 27.4. The summed E-state index contributed by atoms with van der Waals surface area (Å²) >= 11 is 0. The Bertz CT molecular complexity index is 776. The minimum atomic E-state index is 0.225. The van der Waals surface area contributed by atoms with Gasteiger partial charge in [-0.05, 0) is 42.7 Å². The molecule has 0 spiro atoms. The molecule has 30 heavy (non-hydrogen) atoms. The SMILES string of the molecule is COc1cc(CN=C(NCCc2ccco2)NCC2CCCO2)cc(OC)c1OC. The lowest BCUT2D eigenvalue weighted by molar-refractivity contribution is 0.114. The molecule has 3 rings (SSSR count). The number of nitrogens with one attached hydrogen (secondary N) is 2. The number of hydrogen-bond donors (Lipinski definition) is 2. The predicted molar refractivity (Wildman–Crippen MR) is 115 cm³/mol. The number of aliphatic imine (C=N–C) groups is 1. The van der Waals surface area contributed by atoms with Crippen molar-refractivity contribution in [2.75, 3.05) is 41.0 Å². The number of guanidine groups is 1. The Labute approximate surface area is 177 Å². The van der Waals surface area contributed by atoms with Crippen LogP contribution in [0.2, 0.25) is 0 Å². The van der Waals surface area contributed by atoms with Gasteiger partial charge in [0, 0.05) is 26.1 Å². The fraction of sp³-hybridized carbons (Fsp3) is 0.500. The molecule has 1 aliphatic rings. The van der Waals surface area contributed by atoms with Gasteiger partial charge in [0.15, 0.2) is 17.5 Å². The molecule has 1 fully saturated rings. The predicted octanol–water partition coefficient (Wildman–Crippen LogP) is 2.76. The van der Waals surface area contributed by atoms with Gasteiger partial charge in [0.1, 0.15) is 5.76 Å². The van der Waals surface area contributed by atoms with Crippen molar-refractivity contribution >= 4 is 5.96 Å². The van der Waals surface area contributed by atoms with Crippen LogP contribution in [-0.4, -0.2) is 53.1 Å². The molecule has 8 heteroatoms. The number of furan rings is 1. The summed E-state index contributed by atoms with van der Waals surface area (Å²) in [5.41, 5.74) is 0.953. The van der Waals surface area contributed by atoms with Crippen LogP contribution in [0.3, 0.4) is 0 Å². The number of ether oxygens (including phenoxy) is 4. The van der Waals surface area contributed by atoms with Crippen molar-refractivity contribution < 1.29 is 23.4 Å². The Balaban J connectivity index is 1.67. The van der Waals surface area contributed by atoms with Gasteiger partial charge in [-0.25, -0.2) is 4.99 Å². The zero-order chi connectivity index (χ0) is 21.2. The summed E-state index contributed by atoms with van der Waals surface area (Å²) in [5.74, 6) is 3.46. The summed E-state index contributed by atoms with van der Waals surface area (Å²) in [6.45, 7) is 2.72. The molecule has 2 heterocycles. The molecular weight excluding hydrogens is 386 g/mol. The molecule has 1 atom stereocenters. The second-order valence-electron chi connectivity index (χ2n) is 6.97. The van der Waals surface area contributed by atoms with E-state index in [-0.39, 0.29) is 6.10 Å². The Morgan fingerprint density at radius 3 is 2.53 bits per heavy atom. The molecule has 8 nitrogen and oxygen atoms in total. The monoisotopic (exact) mass is 417 g/mol. The van der Waals surface area contributed by atoms with E-state index in [0.717, 1.165) is 49.7 Å². The van der Waals surface area contributed by atoms with E-state index < -0.39 is 0 Å². The van der Waals surface area contributed by atoms with Gasteiger partial charge in [0.2, 0.25) is 5.75 Å². The zero-order valence-corrected chi connectivity index (χ0v) is 17.9. The maximum absolute atomic E-state index is 5.71. The molecule has 164 valence electrons. The highest BCUT2D eigenvalue weighted by atomic mass is 16.5. The van der Waals surface area contributed by atoms with Crippen LogP contribution in [0.25, 0.3) is 0 Å². The summed E-state index contributed by atoms with van der Waals surface area (Å²) in [6.07, 6.45) is 4.86. The van der Waals surface area contributed by atoms with Crippen LogP contribution in [0.15, 0.2) is 39.9 Å². The number of hydrogen-bond acceptors (Lipinski definition) is 6. The Morgan fingerprint density at radius 1 is 1.13 bits per heavy atom. The summed E-state index contributed by atoms with van der Waals surface area (Å²) in [4.78, 5) is 4.74. The van der Waals surface area contributed by atoms with Crippen molar-refractivity contribution in [3.63, 3.8) is 0 Å². The van der Waals surface area contributed by atoms with Crippen LogP contribution in [0, 0.1) is 0 Å². The smallest absolute Gasteiger partial charge is 0.203 e. The maximum atomic E-state index is 5.71. The fourth-order valence-electron chi connectivity index (χ4n) is 3.35. The molecule has 1 saturated heterocycles. The molecular formula is C22H31N3O5.